The minimum absolute atomic E-state index is 0.0380. The molecule has 0 aliphatic rings. The maximum atomic E-state index is 14.0. The van der Waals surface area contributed by atoms with Crippen LogP contribution < -0.4 is 5.73 Å². The van der Waals surface area contributed by atoms with Crippen molar-refractivity contribution >= 4 is 11.6 Å². The average Bonchev–Trinajstić information content (AvgIpc) is 2.39. The lowest BCUT2D eigenvalue weighted by atomic mass is 9.97. The van der Waals surface area contributed by atoms with Gasteiger partial charge in [-0.2, -0.15) is 0 Å². The molecule has 0 amide bonds. The van der Waals surface area contributed by atoms with Crippen LogP contribution in [0, 0.1) is 24.4 Å². The Balaban J connectivity index is 2.35. The highest BCUT2D eigenvalue weighted by molar-refractivity contribution is 6.30. The van der Waals surface area contributed by atoms with Crippen LogP contribution in [0.4, 0.5) is 13.2 Å². The quantitative estimate of drug-likeness (QED) is 0.898. The molecule has 0 saturated heterocycles. The van der Waals surface area contributed by atoms with Gasteiger partial charge >= 0.3 is 0 Å². The van der Waals surface area contributed by atoms with Gasteiger partial charge in [0.05, 0.1) is 0 Å². The van der Waals surface area contributed by atoms with Crippen molar-refractivity contribution in [1.82, 2.24) is 0 Å². The molecule has 2 N–H and O–H groups in total. The van der Waals surface area contributed by atoms with Gasteiger partial charge in [0.25, 0.3) is 0 Å². The van der Waals surface area contributed by atoms with Crippen molar-refractivity contribution in [2.75, 3.05) is 0 Å². The Kier molecular flexibility index (Phi) is 4.35. The largest absolute Gasteiger partial charge is 0.323 e. The predicted octanol–water partition coefficient (Wildman–Crippen LogP) is 4.31. The number of benzene rings is 2. The Morgan fingerprint density at radius 1 is 1.10 bits per heavy atom. The Bertz CT molecular complexity index is 643. The number of halogens is 4. The summed E-state index contributed by atoms with van der Waals surface area (Å²) in [6.45, 7) is 1.52. The van der Waals surface area contributed by atoms with Gasteiger partial charge in [-0.3, -0.25) is 0 Å². The molecule has 1 nitrogen and oxygen atoms in total. The number of hydrogen-bond acceptors (Lipinski definition) is 1. The van der Waals surface area contributed by atoms with Crippen molar-refractivity contribution < 1.29 is 13.2 Å². The minimum Gasteiger partial charge on any atom is -0.323 e. The first-order valence-corrected chi connectivity index (χ1v) is 6.42. The van der Waals surface area contributed by atoms with Crippen LogP contribution in [0.5, 0.6) is 0 Å². The fourth-order valence-corrected chi connectivity index (χ4v) is 2.25. The molecule has 0 heterocycles. The number of hydrogen-bond donors (Lipinski definition) is 1. The van der Waals surface area contributed by atoms with Crippen molar-refractivity contribution in [2.45, 2.75) is 19.4 Å². The summed E-state index contributed by atoms with van der Waals surface area (Å²) >= 11 is 5.78. The smallest absolute Gasteiger partial charge is 0.133 e. The molecule has 0 saturated carbocycles. The van der Waals surface area contributed by atoms with Gasteiger partial charge in [0.2, 0.25) is 0 Å². The van der Waals surface area contributed by atoms with Gasteiger partial charge in [-0.15, -0.1) is 0 Å². The molecule has 2 rings (SSSR count). The average molecular weight is 300 g/mol. The van der Waals surface area contributed by atoms with Crippen molar-refractivity contribution in [3.8, 4) is 0 Å². The zero-order valence-electron chi connectivity index (χ0n) is 10.8. The van der Waals surface area contributed by atoms with Gasteiger partial charge in [0, 0.05) is 16.6 Å². The molecule has 0 aliphatic heterocycles. The van der Waals surface area contributed by atoms with Gasteiger partial charge in [-0.05, 0) is 48.7 Å². The summed E-state index contributed by atoms with van der Waals surface area (Å²) in [5.41, 5.74) is 6.12. The molecule has 0 radical (unpaired) electrons. The lowest BCUT2D eigenvalue weighted by Gasteiger charge is -2.16. The zero-order chi connectivity index (χ0) is 14.9. The van der Waals surface area contributed by atoms with Crippen molar-refractivity contribution in [3.05, 3.63) is 69.5 Å². The highest BCUT2D eigenvalue weighted by atomic mass is 35.5. The first-order valence-electron chi connectivity index (χ1n) is 6.04. The van der Waals surface area contributed by atoms with E-state index in [1.165, 1.54) is 31.2 Å². The first kappa shape index (κ1) is 14.9. The lowest BCUT2D eigenvalue weighted by molar-refractivity contribution is 0.514. The molecule has 1 unspecified atom stereocenters. The molecule has 1 atom stereocenters. The van der Waals surface area contributed by atoms with Crippen LogP contribution in [0.2, 0.25) is 5.02 Å². The maximum Gasteiger partial charge on any atom is 0.133 e. The SMILES string of the molecule is Cc1ccc(F)c(C(N)Cc2cc(Cl)ccc2F)c1F. The third-order valence-electron chi connectivity index (χ3n) is 3.14. The second-order valence-corrected chi connectivity index (χ2v) is 5.07. The van der Waals surface area contributed by atoms with E-state index in [1.807, 2.05) is 0 Å². The Hall–Kier alpha value is -1.52. The monoisotopic (exact) mass is 299 g/mol. The molecule has 2 aromatic rings. The van der Waals surface area contributed by atoms with Crippen LogP contribution >= 0.6 is 11.6 Å². The minimum atomic E-state index is -0.983. The second-order valence-electron chi connectivity index (χ2n) is 4.64. The van der Waals surface area contributed by atoms with Crippen LogP contribution in [-0.4, -0.2) is 0 Å². The third kappa shape index (κ3) is 2.97. The van der Waals surface area contributed by atoms with Crippen LogP contribution in [-0.2, 0) is 6.42 Å². The van der Waals surface area contributed by atoms with E-state index >= 15 is 0 Å². The topological polar surface area (TPSA) is 26.0 Å². The molecule has 2 aromatic carbocycles. The van der Waals surface area contributed by atoms with Crippen LogP contribution in [0.1, 0.15) is 22.7 Å². The molecular formula is C15H13ClF3N. The molecule has 5 heteroatoms. The Labute approximate surface area is 120 Å². The van der Waals surface area contributed by atoms with E-state index in [-0.39, 0.29) is 17.5 Å². The second kappa shape index (κ2) is 5.85. The molecule has 0 fully saturated rings. The molecule has 0 bridgehead atoms. The fraction of sp³-hybridized carbons (Fsp3) is 0.200. The number of rotatable bonds is 3. The zero-order valence-corrected chi connectivity index (χ0v) is 11.5. The van der Waals surface area contributed by atoms with Crippen LogP contribution in [0.3, 0.4) is 0 Å². The molecule has 0 aromatic heterocycles. The number of aryl methyl sites for hydroxylation is 1. The van der Waals surface area contributed by atoms with Crippen LogP contribution in [0.25, 0.3) is 0 Å². The fourth-order valence-electron chi connectivity index (χ4n) is 2.06. The van der Waals surface area contributed by atoms with Gasteiger partial charge in [-0.1, -0.05) is 17.7 Å². The summed E-state index contributed by atoms with van der Waals surface area (Å²) in [6, 6.07) is 5.51. The summed E-state index contributed by atoms with van der Waals surface area (Å²) < 4.78 is 41.3. The van der Waals surface area contributed by atoms with Crippen LogP contribution in [0.15, 0.2) is 30.3 Å². The number of nitrogens with two attached hydrogens (primary N) is 1. The van der Waals surface area contributed by atoms with Crippen molar-refractivity contribution in [1.29, 1.82) is 0 Å². The maximum absolute atomic E-state index is 14.0. The molecule has 20 heavy (non-hydrogen) atoms. The highest BCUT2D eigenvalue weighted by Gasteiger charge is 2.20. The van der Waals surface area contributed by atoms with Gasteiger partial charge in [0.15, 0.2) is 0 Å². The lowest BCUT2D eigenvalue weighted by Crippen LogP contribution is -2.18. The Morgan fingerprint density at radius 2 is 1.75 bits per heavy atom. The van der Waals surface area contributed by atoms with Crippen molar-refractivity contribution in [2.24, 2.45) is 5.73 Å². The highest BCUT2D eigenvalue weighted by Crippen LogP contribution is 2.26. The van der Waals surface area contributed by atoms with E-state index in [2.05, 4.69) is 0 Å². The van der Waals surface area contributed by atoms with E-state index in [9.17, 15) is 13.2 Å². The molecule has 0 spiro atoms. The molecular weight excluding hydrogens is 287 g/mol. The third-order valence-corrected chi connectivity index (χ3v) is 3.37. The predicted molar refractivity (Wildman–Crippen MR) is 73.1 cm³/mol. The van der Waals surface area contributed by atoms with Crippen molar-refractivity contribution in [3.63, 3.8) is 0 Å². The molecule has 106 valence electrons. The Morgan fingerprint density at radius 3 is 2.45 bits per heavy atom. The molecule has 0 aliphatic carbocycles. The summed E-state index contributed by atoms with van der Waals surface area (Å²) in [7, 11) is 0. The van der Waals surface area contributed by atoms with E-state index in [4.69, 9.17) is 17.3 Å². The van der Waals surface area contributed by atoms with Gasteiger partial charge in [0.1, 0.15) is 17.5 Å². The van der Waals surface area contributed by atoms with E-state index in [0.717, 1.165) is 6.07 Å². The standard InChI is InChI=1S/C15H13ClF3N/c1-8-2-4-12(18)14(15(8)19)13(20)7-9-6-10(16)3-5-11(9)17/h2-6,13H,7,20H2,1H3. The summed E-state index contributed by atoms with van der Waals surface area (Å²) in [6.07, 6.45) is -0.0380. The first-order chi connectivity index (χ1) is 9.40. The summed E-state index contributed by atoms with van der Waals surface area (Å²) in [5, 5.41) is 0.346. The summed E-state index contributed by atoms with van der Waals surface area (Å²) in [4.78, 5) is 0. The normalized spacial score (nSPS) is 12.5. The van der Waals surface area contributed by atoms with E-state index in [1.54, 1.807) is 0 Å². The summed E-state index contributed by atoms with van der Waals surface area (Å²) in [5.74, 6) is -1.93. The van der Waals surface area contributed by atoms with Gasteiger partial charge in [-0.25, -0.2) is 13.2 Å². The van der Waals surface area contributed by atoms with Gasteiger partial charge < -0.3 is 5.73 Å². The van der Waals surface area contributed by atoms with E-state index in [0.29, 0.717) is 10.6 Å². The van der Waals surface area contributed by atoms with E-state index < -0.39 is 23.5 Å².